The number of benzene rings is 2. The van der Waals surface area contributed by atoms with Crippen molar-refractivity contribution in [1.82, 2.24) is 0 Å². The van der Waals surface area contributed by atoms with E-state index in [9.17, 15) is 9.18 Å². The molecule has 19 heavy (non-hydrogen) atoms. The molecule has 0 aliphatic heterocycles. The molecule has 2 aromatic rings. The Morgan fingerprint density at radius 2 is 1.95 bits per heavy atom. The number of amides is 1. The molecule has 0 aromatic heterocycles. The summed E-state index contributed by atoms with van der Waals surface area (Å²) in [5.41, 5.74) is 1.22. The van der Waals surface area contributed by atoms with Gasteiger partial charge in [0.2, 0.25) is 5.91 Å². The summed E-state index contributed by atoms with van der Waals surface area (Å²) < 4.78 is 13.1. The van der Waals surface area contributed by atoms with Crippen molar-refractivity contribution in [3.05, 3.63) is 65.5 Å². The number of anilines is 1. The minimum Gasteiger partial charge on any atom is -0.326 e. The average molecular weight is 254 g/mol. The van der Waals surface area contributed by atoms with Crippen molar-refractivity contribution >= 4 is 11.6 Å². The number of nitrogens with zero attached hydrogens (tertiary/aromatic N) is 1. The third-order valence-electron chi connectivity index (χ3n) is 2.58. The summed E-state index contributed by atoms with van der Waals surface area (Å²) in [6.45, 7) is 0. The second-order valence-corrected chi connectivity index (χ2v) is 4.02. The lowest BCUT2D eigenvalue weighted by Crippen LogP contribution is -2.14. The predicted molar refractivity (Wildman–Crippen MR) is 69.9 cm³/mol. The van der Waals surface area contributed by atoms with Gasteiger partial charge in [0.25, 0.3) is 0 Å². The smallest absolute Gasteiger partial charge is 0.228 e. The van der Waals surface area contributed by atoms with E-state index in [-0.39, 0.29) is 17.9 Å². The second kappa shape index (κ2) is 5.78. The largest absolute Gasteiger partial charge is 0.326 e. The molecule has 4 heteroatoms. The molecule has 3 nitrogen and oxygen atoms in total. The lowest BCUT2D eigenvalue weighted by molar-refractivity contribution is -0.115. The summed E-state index contributed by atoms with van der Waals surface area (Å²) in [4.78, 5) is 11.8. The molecule has 0 heterocycles. The van der Waals surface area contributed by atoms with Crippen LogP contribution in [-0.2, 0) is 11.2 Å². The first-order valence-electron chi connectivity index (χ1n) is 5.72. The van der Waals surface area contributed by atoms with Gasteiger partial charge in [0.15, 0.2) is 0 Å². The first kappa shape index (κ1) is 12.8. The van der Waals surface area contributed by atoms with Gasteiger partial charge in [-0.05, 0) is 23.8 Å². The van der Waals surface area contributed by atoms with Gasteiger partial charge in [-0.25, -0.2) is 4.39 Å². The molecule has 2 rings (SSSR count). The van der Waals surface area contributed by atoms with E-state index in [1.807, 2.05) is 30.3 Å². The Balaban J connectivity index is 2.06. The maximum absolute atomic E-state index is 13.1. The van der Waals surface area contributed by atoms with Crippen LogP contribution in [0.3, 0.4) is 0 Å². The number of nitrogens with one attached hydrogen (secondary N) is 1. The fraction of sp³-hybridized carbons (Fsp3) is 0.0667. The van der Waals surface area contributed by atoms with Crippen molar-refractivity contribution in [2.24, 2.45) is 0 Å². The summed E-state index contributed by atoms with van der Waals surface area (Å²) >= 11 is 0. The van der Waals surface area contributed by atoms with Gasteiger partial charge in [-0.3, -0.25) is 4.79 Å². The van der Waals surface area contributed by atoms with Crippen LogP contribution in [0.4, 0.5) is 10.1 Å². The van der Waals surface area contributed by atoms with Gasteiger partial charge in [0, 0.05) is 5.69 Å². The van der Waals surface area contributed by atoms with Crippen molar-refractivity contribution in [2.75, 3.05) is 5.32 Å². The van der Waals surface area contributed by atoms with Gasteiger partial charge >= 0.3 is 0 Å². The van der Waals surface area contributed by atoms with Gasteiger partial charge in [0.05, 0.1) is 12.0 Å². The Morgan fingerprint density at radius 1 is 1.21 bits per heavy atom. The number of hydrogen-bond acceptors (Lipinski definition) is 2. The van der Waals surface area contributed by atoms with Gasteiger partial charge in [-0.2, -0.15) is 5.26 Å². The van der Waals surface area contributed by atoms with E-state index in [2.05, 4.69) is 5.32 Å². The molecule has 0 saturated heterocycles. The minimum atomic E-state index is -0.594. The quantitative estimate of drug-likeness (QED) is 0.915. The molecule has 0 fully saturated rings. The van der Waals surface area contributed by atoms with Gasteiger partial charge in [0.1, 0.15) is 11.9 Å². The molecule has 0 spiro atoms. The zero-order chi connectivity index (χ0) is 13.7. The molecular formula is C15H11FN2O. The molecule has 0 atom stereocenters. The van der Waals surface area contributed by atoms with Crippen LogP contribution < -0.4 is 5.32 Å². The van der Waals surface area contributed by atoms with E-state index in [4.69, 9.17) is 5.26 Å². The molecule has 2 aromatic carbocycles. The van der Waals surface area contributed by atoms with Gasteiger partial charge in [-0.1, -0.05) is 30.3 Å². The van der Waals surface area contributed by atoms with E-state index in [1.54, 1.807) is 6.07 Å². The monoisotopic (exact) mass is 254 g/mol. The highest BCUT2D eigenvalue weighted by Gasteiger charge is 2.06. The van der Waals surface area contributed by atoms with Crippen LogP contribution >= 0.6 is 0 Å². The Morgan fingerprint density at radius 3 is 2.63 bits per heavy atom. The third kappa shape index (κ3) is 3.39. The predicted octanol–water partition coefficient (Wildman–Crippen LogP) is 2.88. The Bertz CT molecular complexity index is 632. The van der Waals surface area contributed by atoms with Crippen LogP contribution in [0.1, 0.15) is 11.1 Å². The molecule has 94 valence electrons. The van der Waals surface area contributed by atoms with E-state index in [1.165, 1.54) is 12.1 Å². The van der Waals surface area contributed by atoms with Crippen molar-refractivity contribution < 1.29 is 9.18 Å². The summed E-state index contributed by atoms with van der Waals surface area (Å²) in [5, 5.41) is 11.3. The normalized spacial score (nSPS) is 9.68. The van der Waals surface area contributed by atoms with Crippen LogP contribution in [0.15, 0.2) is 48.5 Å². The Labute approximate surface area is 110 Å². The van der Waals surface area contributed by atoms with Crippen LogP contribution in [0, 0.1) is 17.1 Å². The second-order valence-electron chi connectivity index (χ2n) is 4.02. The number of carbonyl (C=O) groups excluding carboxylic acids is 1. The highest BCUT2D eigenvalue weighted by molar-refractivity contribution is 5.92. The van der Waals surface area contributed by atoms with Gasteiger partial charge < -0.3 is 5.32 Å². The molecule has 1 amide bonds. The zero-order valence-electron chi connectivity index (χ0n) is 10.1. The molecule has 1 N–H and O–H groups in total. The zero-order valence-corrected chi connectivity index (χ0v) is 10.1. The minimum absolute atomic E-state index is 0.0856. The molecule has 0 saturated carbocycles. The summed E-state index contributed by atoms with van der Waals surface area (Å²) in [7, 11) is 0. The van der Waals surface area contributed by atoms with E-state index in [0.29, 0.717) is 5.69 Å². The Hall–Kier alpha value is -2.67. The third-order valence-corrected chi connectivity index (χ3v) is 2.58. The lowest BCUT2D eigenvalue weighted by atomic mass is 10.1. The van der Waals surface area contributed by atoms with Crippen LogP contribution in [0.25, 0.3) is 0 Å². The average Bonchev–Trinajstić information content (AvgIpc) is 2.42. The first-order chi connectivity index (χ1) is 9.19. The van der Waals surface area contributed by atoms with Crippen LogP contribution in [-0.4, -0.2) is 5.91 Å². The van der Waals surface area contributed by atoms with E-state index < -0.39 is 5.82 Å². The van der Waals surface area contributed by atoms with Crippen LogP contribution in [0.2, 0.25) is 0 Å². The number of hydrogen-bond donors (Lipinski definition) is 1. The first-order valence-corrected chi connectivity index (χ1v) is 5.72. The van der Waals surface area contributed by atoms with E-state index in [0.717, 1.165) is 11.6 Å². The number of nitriles is 1. The summed E-state index contributed by atoms with van der Waals surface area (Å²) in [6.07, 6.45) is 0.236. The molecule has 0 aliphatic rings. The lowest BCUT2D eigenvalue weighted by Gasteiger charge is -2.06. The Kier molecular flexibility index (Phi) is 3.89. The molecule has 0 radical (unpaired) electrons. The van der Waals surface area contributed by atoms with Crippen molar-refractivity contribution in [3.63, 3.8) is 0 Å². The number of rotatable bonds is 3. The maximum Gasteiger partial charge on any atom is 0.228 e. The van der Waals surface area contributed by atoms with Crippen molar-refractivity contribution in [2.45, 2.75) is 6.42 Å². The molecular weight excluding hydrogens is 243 g/mol. The maximum atomic E-state index is 13.1. The highest BCUT2D eigenvalue weighted by atomic mass is 19.1. The fourth-order valence-corrected chi connectivity index (χ4v) is 1.68. The fourth-order valence-electron chi connectivity index (χ4n) is 1.68. The van der Waals surface area contributed by atoms with Crippen molar-refractivity contribution in [1.29, 1.82) is 5.26 Å². The summed E-state index contributed by atoms with van der Waals surface area (Å²) in [5.74, 6) is -0.801. The standard InChI is InChI=1S/C15H11FN2O/c16-14-7-6-13(9-12(14)10-17)18-15(19)8-11-4-2-1-3-5-11/h1-7,9H,8H2,(H,18,19). The summed E-state index contributed by atoms with van der Waals surface area (Å²) in [6, 6.07) is 14.9. The number of carbonyl (C=O) groups is 1. The highest BCUT2D eigenvalue weighted by Crippen LogP contribution is 2.14. The molecule has 0 bridgehead atoms. The number of halogens is 1. The van der Waals surface area contributed by atoms with Crippen molar-refractivity contribution in [3.8, 4) is 6.07 Å². The van der Waals surface area contributed by atoms with Crippen LogP contribution in [0.5, 0.6) is 0 Å². The SMILES string of the molecule is N#Cc1cc(NC(=O)Cc2ccccc2)ccc1F. The molecule has 0 aliphatic carbocycles. The van der Waals surface area contributed by atoms with Gasteiger partial charge in [-0.15, -0.1) is 0 Å². The van der Waals surface area contributed by atoms with E-state index >= 15 is 0 Å². The molecule has 0 unspecified atom stereocenters. The topological polar surface area (TPSA) is 52.9 Å².